The lowest BCUT2D eigenvalue weighted by Crippen LogP contribution is -2.73. The van der Waals surface area contributed by atoms with Gasteiger partial charge in [-0.3, -0.25) is 14.4 Å². The molecule has 3 amide bonds. The van der Waals surface area contributed by atoms with Gasteiger partial charge in [0.1, 0.15) is 122 Å². The molecule has 5 saturated heterocycles. The number of aliphatic hydroxyl groups is 16. The minimum atomic E-state index is -3.51. The van der Waals surface area contributed by atoms with Gasteiger partial charge in [-0.15, -0.1) is 0 Å². The minimum absolute atomic E-state index is 0. The summed E-state index contributed by atoms with van der Waals surface area (Å²) in [4.78, 5) is 53.0. The summed E-state index contributed by atoms with van der Waals surface area (Å²) in [5, 5.41) is 200. The third-order valence-electron chi connectivity index (χ3n) is 19.8. The van der Waals surface area contributed by atoms with Gasteiger partial charge in [0.2, 0.25) is 23.5 Å². The van der Waals surface area contributed by atoms with E-state index in [1.54, 1.807) is 6.08 Å². The zero-order valence-electron chi connectivity index (χ0n) is 61.0. The highest BCUT2D eigenvalue weighted by molar-refractivity contribution is 5.77. The maximum absolute atomic E-state index is 13.7. The summed E-state index contributed by atoms with van der Waals surface area (Å²) >= 11 is 0. The van der Waals surface area contributed by atoms with Crippen LogP contribution in [0.5, 0.6) is 0 Å². The summed E-state index contributed by atoms with van der Waals surface area (Å²) in [6.45, 7) is -2.10. The number of nitrogens with one attached hydrogen (secondary N) is 3. The molecule has 2 unspecified atom stereocenters. The van der Waals surface area contributed by atoms with Gasteiger partial charge in [0, 0.05) is 26.7 Å². The number of amides is 3. The van der Waals surface area contributed by atoms with E-state index in [1.807, 2.05) is 54.6 Å². The first-order chi connectivity index (χ1) is 50.8. The fourth-order valence-corrected chi connectivity index (χ4v) is 13.9. The van der Waals surface area contributed by atoms with E-state index in [0.29, 0.717) is 12.0 Å². The van der Waals surface area contributed by atoms with Crippen LogP contribution in [0.15, 0.2) is 60.7 Å². The number of carboxylic acid groups (broad SMARTS) is 1. The second-order valence-electron chi connectivity index (χ2n) is 27.8. The molecule has 0 bridgehead atoms. The topological polar surface area (TPSA) is 580 Å². The summed E-state index contributed by atoms with van der Waals surface area (Å²) in [6.07, 6.45) is -31.6. The first kappa shape index (κ1) is 90.9. The Kier molecular flexibility index (Phi) is 38.1. The average molecular weight is 1530 g/mol. The predicted octanol–water partition coefficient (Wildman–Crippen LogP) is -3.88. The van der Waals surface area contributed by atoms with Gasteiger partial charge in [0.15, 0.2) is 25.2 Å². The molecule has 35 heteroatoms. The first-order valence-corrected chi connectivity index (χ1v) is 36.7. The summed E-state index contributed by atoms with van der Waals surface area (Å²) in [7, 11) is 0. The van der Waals surface area contributed by atoms with Crippen LogP contribution in [0.1, 0.15) is 135 Å². The number of rotatable bonds is 42. The lowest BCUT2D eigenvalue weighted by Gasteiger charge is -2.54. The SMILES string of the molecule is CCCCCCCCCCCCCCCCCC(=O)N[C@@H](CO[C@@H]1O[C@H](CO)[C@@H](O[C@@H]2O[C@H](CO)[C@H](O[C@@H]3O[C@H](CO)[C@H](O)[C@H](O[C@@H]4O[C@H](CO)[C@H](O)[C@H](O)[C@H]4O)[C@H]3NC(C)=O)[C@H](O[C@]3(C(=O)[O-])C[C@H](O)C(NC(C)=O)C([C@H](O)[C@H](O)CO)O3)[C@H]2O)[C@H](O)[C@H]1O)[C@H](O)/C=C/c1ccccc1-c1ccccc1.[NH4+]. The van der Waals surface area contributed by atoms with E-state index >= 15 is 0 Å². The molecule has 23 N–H and O–H groups in total. The number of carbonyl (C=O) groups excluding carboxylic acids is 4. The van der Waals surface area contributed by atoms with Gasteiger partial charge in [0.05, 0.1) is 63.9 Å². The van der Waals surface area contributed by atoms with Gasteiger partial charge in [-0.05, 0) is 23.1 Å². The number of ether oxygens (including phenoxy) is 10. The highest BCUT2D eigenvalue weighted by Gasteiger charge is 2.61. The van der Waals surface area contributed by atoms with Crippen LogP contribution in [0.2, 0.25) is 0 Å². The van der Waals surface area contributed by atoms with Crippen LogP contribution in [0.25, 0.3) is 17.2 Å². The molecular formula is C72H116N4O31. The van der Waals surface area contributed by atoms with E-state index in [2.05, 4.69) is 22.9 Å². The van der Waals surface area contributed by atoms with Gasteiger partial charge in [-0.1, -0.05) is 164 Å². The molecule has 5 aliphatic heterocycles. The Bertz CT molecular complexity index is 2970. The molecule has 5 aliphatic rings. The van der Waals surface area contributed by atoms with Gasteiger partial charge >= 0.3 is 0 Å². The number of aliphatic hydroxyl groups excluding tert-OH is 16. The van der Waals surface area contributed by atoms with E-state index in [9.17, 15) is 106 Å². The lowest BCUT2D eigenvalue weighted by molar-refractivity contribution is -0.421. The minimum Gasteiger partial charge on any atom is -0.544 e. The number of carboxylic acids is 1. The average Bonchev–Trinajstić information content (AvgIpc) is 0.747. The van der Waals surface area contributed by atoms with Crippen molar-refractivity contribution in [3.05, 3.63) is 66.2 Å². The molecule has 5 fully saturated rings. The molecule has 7 rings (SSSR count). The Morgan fingerprint density at radius 3 is 1.64 bits per heavy atom. The monoisotopic (exact) mass is 1530 g/mol. The van der Waals surface area contributed by atoms with Crippen LogP contribution in [0.4, 0.5) is 0 Å². The molecule has 0 saturated carbocycles. The first-order valence-electron chi connectivity index (χ1n) is 36.7. The fraction of sp³-hybridized carbons (Fsp3) is 0.750. The van der Waals surface area contributed by atoms with Crippen LogP contribution in [-0.2, 0) is 66.5 Å². The summed E-state index contributed by atoms with van der Waals surface area (Å²) in [6, 6.07) is 11.9. The standard InChI is InChI=1S/C72H113N3O31.H3N/c1-4-5-6-7-8-9-10-11-12-13-14-15-16-17-21-28-51(86)75-43(44(83)30-29-41-26-22-23-27-42(41)40-24-19-18-20-25-40)37-97-68-60(93)58(91)62(49(35-79)100-68)102-70-61(94)66(106-72(71(95)96)31-45(84)52(73-38(2)81)65(105-72)54(87)46(85)32-76)63(50(36-80)101-70)103-67-53(74-39(3)82)64(56(89)48(34-78)98-67)104-69-59(92)57(90)55(88)47(33-77)99-69;/h18-20,22-27,29-30,43-50,52-70,76-80,83-85,87-94H,4-17,21,28,31-37H2,1-3H3,(H,73,81)(H,74,82)(H,75,86)(H,95,96);1H3/b30-29+;/t43-,44+,45-,46+,47+,48+,49+,50+,52?,53+,54+,55-,56-,57-,58+,59+,60+,61+,62+,63-,64+,65?,66+,67-,68+,69-,70-,72-;/m0./s1. The highest BCUT2D eigenvalue weighted by Crippen LogP contribution is 2.41. The highest BCUT2D eigenvalue weighted by atomic mass is 16.8. The normalized spacial score (nSPS) is 34.4. The van der Waals surface area contributed by atoms with E-state index in [-0.39, 0.29) is 12.6 Å². The zero-order chi connectivity index (χ0) is 77.4. The maximum atomic E-state index is 13.7. The van der Waals surface area contributed by atoms with Crippen LogP contribution < -0.4 is 27.2 Å². The Balaban J connectivity index is 0.0000179. The number of hydrogen-bond donors (Lipinski definition) is 20. The Hall–Kier alpha value is -5.02. The number of carbonyl (C=O) groups is 4. The van der Waals surface area contributed by atoms with E-state index in [4.69, 9.17) is 47.4 Å². The molecule has 0 aliphatic carbocycles. The molecule has 0 radical (unpaired) electrons. The molecule has 0 aromatic heterocycles. The summed E-state index contributed by atoms with van der Waals surface area (Å²) in [5.41, 5.74) is 2.43. The number of quaternary nitrogens is 1. The van der Waals surface area contributed by atoms with E-state index in [1.165, 1.54) is 63.9 Å². The van der Waals surface area contributed by atoms with Crippen molar-refractivity contribution in [2.24, 2.45) is 0 Å². The molecule has 28 atom stereocenters. The molecular weight excluding hydrogens is 1420 g/mol. The van der Waals surface area contributed by atoms with Crippen molar-refractivity contribution < 1.29 is 153 Å². The molecule has 35 nitrogen and oxygen atoms in total. The Morgan fingerprint density at radius 2 is 1.06 bits per heavy atom. The van der Waals surface area contributed by atoms with Crippen molar-refractivity contribution in [1.82, 2.24) is 22.1 Å². The molecule has 2 aromatic carbocycles. The van der Waals surface area contributed by atoms with Crippen molar-refractivity contribution in [1.29, 1.82) is 0 Å². The van der Waals surface area contributed by atoms with Crippen molar-refractivity contribution in [3.8, 4) is 11.1 Å². The van der Waals surface area contributed by atoms with E-state index < -0.39 is 241 Å². The molecule has 107 heavy (non-hydrogen) atoms. The third-order valence-corrected chi connectivity index (χ3v) is 19.8. The van der Waals surface area contributed by atoms with Crippen molar-refractivity contribution >= 4 is 29.8 Å². The molecule has 610 valence electrons. The van der Waals surface area contributed by atoms with Crippen LogP contribution >= 0.6 is 0 Å². The smallest absolute Gasteiger partial charge is 0.220 e. The zero-order valence-corrected chi connectivity index (χ0v) is 61.0. The molecule has 5 heterocycles. The number of unbranched alkanes of at least 4 members (excludes halogenated alkanes) is 14. The summed E-state index contributed by atoms with van der Waals surface area (Å²) < 4.78 is 59.9. The second-order valence-corrected chi connectivity index (χ2v) is 27.8. The number of aliphatic carboxylic acids is 1. The second kappa shape index (κ2) is 44.9. The predicted molar refractivity (Wildman–Crippen MR) is 372 cm³/mol. The maximum Gasteiger partial charge on any atom is 0.220 e. The summed E-state index contributed by atoms with van der Waals surface area (Å²) in [5.74, 6) is -8.18. The van der Waals surface area contributed by atoms with Gasteiger partial charge in [0.25, 0.3) is 0 Å². The lowest BCUT2D eigenvalue weighted by atomic mass is 9.88. The third kappa shape index (κ3) is 24.7. The fourth-order valence-electron chi connectivity index (χ4n) is 13.9. The van der Waals surface area contributed by atoms with Gasteiger partial charge < -0.3 is 161 Å². The van der Waals surface area contributed by atoms with Crippen molar-refractivity contribution in [2.75, 3.05) is 39.6 Å². The molecule has 0 spiro atoms. The van der Waals surface area contributed by atoms with Crippen LogP contribution in [0.3, 0.4) is 0 Å². The quantitative estimate of drug-likeness (QED) is 0.0283. The van der Waals surface area contributed by atoms with E-state index in [0.717, 1.165) is 57.1 Å². The van der Waals surface area contributed by atoms with Gasteiger partial charge in [-0.25, -0.2) is 0 Å². The largest absolute Gasteiger partial charge is 0.544 e. The van der Waals surface area contributed by atoms with Gasteiger partial charge in [-0.2, -0.15) is 0 Å². The van der Waals surface area contributed by atoms with Crippen molar-refractivity contribution in [3.63, 3.8) is 0 Å². The van der Waals surface area contributed by atoms with Crippen LogP contribution in [-0.4, -0.2) is 316 Å². The van der Waals surface area contributed by atoms with Crippen molar-refractivity contribution in [2.45, 2.75) is 301 Å². The van der Waals surface area contributed by atoms with Crippen LogP contribution in [0, 0.1) is 0 Å². The number of hydrogen-bond acceptors (Lipinski definition) is 31. The number of benzene rings is 2. The Morgan fingerprint density at radius 1 is 0.561 bits per heavy atom. The Labute approximate surface area is 621 Å². The molecule has 2 aromatic rings.